The standard InChI is InChI=1S/C11H22N2O2/c1-13(11(14)6-8-15-2)9-10-5-3-4-7-12-10/h10,12H,3-9H2,1-2H3. The van der Waals surface area contributed by atoms with E-state index in [1.165, 1.54) is 19.3 Å². The summed E-state index contributed by atoms with van der Waals surface area (Å²) >= 11 is 0. The highest BCUT2D eigenvalue weighted by molar-refractivity contribution is 5.75. The fourth-order valence-electron chi connectivity index (χ4n) is 1.89. The first-order chi connectivity index (χ1) is 7.24. The Morgan fingerprint density at radius 2 is 2.33 bits per heavy atom. The van der Waals surface area contributed by atoms with Gasteiger partial charge in [-0.15, -0.1) is 0 Å². The van der Waals surface area contributed by atoms with E-state index in [0.717, 1.165) is 13.1 Å². The second-order valence-electron chi connectivity index (χ2n) is 4.16. The van der Waals surface area contributed by atoms with Crippen LogP contribution in [0.1, 0.15) is 25.7 Å². The predicted octanol–water partition coefficient (Wildman–Crippen LogP) is 0.623. The maximum Gasteiger partial charge on any atom is 0.224 e. The summed E-state index contributed by atoms with van der Waals surface area (Å²) in [4.78, 5) is 13.4. The van der Waals surface area contributed by atoms with Gasteiger partial charge in [-0.2, -0.15) is 0 Å². The van der Waals surface area contributed by atoms with Crippen LogP contribution in [0.4, 0.5) is 0 Å². The van der Waals surface area contributed by atoms with Crippen molar-refractivity contribution < 1.29 is 9.53 Å². The number of likely N-dealkylation sites (N-methyl/N-ethyl adjacent to an activating group) is 1. The van der Waals surface area contributed by atoms with Gasteiger partial charge in [0.1, 0.15) is 0 Å². The lowest BCUT2D eigenvalue weighted by Crippen LogP contribution is -2.44. The number of nitrogens with zero attached hydrogens (tertiary/aromatic N) is 1. The highest BCUT2D eigenvalue weighted by Crippen LogP contribution is 2.08. The number of rotatable bonds is 5. The van der Waals surface area contributed by atoms with Gasteiger partial charge in [-0.25, -0.2) is 0 Å². The zero-order chi connectivity index (χ0) is 11.1. The summed E-state index contributed by atoms with van der Waals surface area (Å²) in [7, 11) is 3.49. The summed E-state index contributed by atoms with van der Waals surface area (Å²) in [6, 6.07) is 0.482. The maximum atomic E-state index is 11.6. The number of carbonyl (C=O) groups excluding carboxylic acids is 1. The van der Waals surface area contributed by atoms with E-state index in [-0.39, 0.29) is 5.91 Å². The van der Waals surface area contributed by atoms with Gasteiger partial charge < -0.3 is 15.0 Å². The van der Waals surface area contributed by atoms with Crippen molar-refractivity contribution in [1.29, 1.82) is 0 Å². The molecule has 1 fully saturated rings. The summed E-state index contributed by atoms with van der Waals surface area (Å²) in [6.07, 6.45) is 4.21. The van der Waals surface area contributed by atoms with Gasteiger partial charge in [0.05, 0.1) is 13.0 Å². The quantitative estimate of drug-likeness (QED) is 0.729. The first-order valence-electron chi connectivity index (χ1n) is 5.70. The van der Waals surface area contributed by atoms with Crippen molar-refractivity contribution in [2.24, 2.45) is 0 Å². The minimum atomic E-state index is 0.171. The molecule has 4 heteroatoms. The Kier molecular flexibility index (Phi) is 5.65. The molecule has 1 heterocycles. The number of methoxy groups -OCH3 is 1. The van der Waals surface area contributed by atoms with Gasteiger partial charge in [0.2, 0.25) is 5.91 Å². The van der Waals surface area contributed by atoms with E-state index in [2.05, 4.69) is 5.32 Å². The average Bonchev–Trinajstić information content (AvgIpc) is 2.27. The fraction of sp³-hybridized carbons (Fsp3) is 0.909. The Morgan fingerprint density at radius 3 is 2.93 bits per heavy atom. The molecule has 0 spiro atoms. The Labute approximate surface area is 92.0 Å². The van der Waals surface area contributed by atoms with Crippen molar-refractivity contribution in [1.82, 2.24) is 10.2 Å². The van der Waals surface area contributed by atoms with Gasteiger partial charge in [-0.1, -0.05) is 6.42 Å². The number of nitrogens with one attached hydrogen (secondary N) is 1. The molecule has 0 aromatic rings. The van der Waals surface area contributed by atoms with Crippen molar-refractivity contribution in [2.75, 3.05) is 33.9 Å². The topological polar surface area (TPSA) is 41.6 Å². The van der Waals surface area contributed by atoms with Crippen LogP contribution in [0.3, 0.4) is 0 Å². The molecule has 1 rings (SSSR count). The highest BCUT2D eigenvalue weighted by atomic mass is 16.5. The molecule has 0 saturated carbocycles. The molecule has 1 N–H and O–H groups in total. The molecule has 4 nitrogen and oxygen atoms in total. The van der Waals surface area contributed by atoms with Crippen LogP contribution in [0.2, 0.25) is 0 Å². The van der Waals surface area contributed by atoms with Crippen LogP contribution in [0.5, 0.6) is 0 Å². The van der Waals surface area contributed by atoms with Crippen molar-refractivity contribution in [3.63, 3.8) is 0 Å². The first-order valence-corrected chi connectivity index (χ1v) is 5.70. The van der Waals surface area contributed by atoms with Gasteiger partial charge in [0.25, 0.3) is 0 Å². The van der Waals surface area contributed by atoms with Crippen LogP contribution in [-0.4, -0.2) is 50.7 Å². The zero-order valence-electron chi connectivity index (χ0n) is 9.79. The summed E-state index contributed by atoms with van der Waals surface area (Å²) in [5, 5.41) is 3.44. The molecular formula is C11H22N2O2. The second kappa shape index (κ2) is 6.80. The van der Waals surface area contributed by atoms with Crippen LogP contribution in [-0.2, 0) is 9.53 Å². The van der Waals surface area contributed by atoms with Crippen LogP contribution in [0.25, 0.3) is 0 Å². The Hall–Kier alpha value is -0.610. The second-order valence-corrected chi connectivity index (χ2v) is 4.16. The smallest absolute Gasteiger partial charge is 0.224 e. The Balaban J connectivity index is 2.20. The van der Waals surface area contributed by atoms with Gasteiger partial charge >= 0.3 is 0 Å². The van der Waals surface area contributed by atoms with Crippen LogP contribution < -0.4 is 5.32 Å². The summed E-state index contributed by atoms with van der Waals surface area (Å²) in [5.41, 5.74) is 0. The Bertz CT molecular complexity index is 191. The predicted molar refractivity (Wildman–Crippen MR) is 59.8 cm³/mol. The fourth-order valence-corrected chi connectivity index (χ4v) is 1.89. The van der Waals surface area contributed by atoms with E-state index in [4.69, 9.17) is 4.74 Å². The first kappa shape index (κ1) is 12.5. The molecule has 1 amide bonds. The number of hydrogen-bond donors (Lipinski definition) is 1. The lowest BCUT2D eigenvalue weighted by atomic mass is 10.0. The molecule has 1 saturated heterocycles. The number of ether oxygens (including phenoxy) is 1. The maximum absolute atomic E-state index is 11.6. The molecule has 0 aromatic heterocycles. The molecule has 15 heavy (non-hydrogen) atoms. The van der Waals surface area contributed by atoms with Gasteiger partial charge in [0.15, 0.2) is 0 Å². The van der Waals surface area contributed by atoms with Crippen molar-refractivity contribution in [3.8, 4) is 0 Å². The van der Waals surface area contributed by atoms with Gasteiger partial charge in [-0.05, 0) is 19.4 Å². The van der Waals surface area contributed by atoms with E-state index in [9.17, 15) is 4.79 Å². The number of piperidine rings is 1. The van der Waals surface area contributed by atoms with Crippen LogP contribution in [0.15, 0.2) is 0 Å². The third-order valence-electron chi connectivity index (χ3n) is 2.85. The molecule has 0 bridgehead atoms. The number of carbonyl (C=O) groups is 1. The summed E-state index contributed by atoms with van der Waals surface area (Å²) in [5.74, 6) is 0.171. The molecule has 88 valence electrons. The van der Waals surface area contributed by atoms with Crippen molar-refractivity contribution in [3.05, 3.63) is 0 Å². The van der Waals surface area contributed by atoms with Crippen LogP contribution in [0, 0.1) is 0 Å². The largest absolute Gasteiger partial charge is 0.384 e. The van der Waals surface area contributed by atoms with E-state index >= 15 is 0 Å². The molecule has 1 atom stereocenters. The molecule has 1 aliphatic rings. The van der Waals surface area contributed by atoms with Crippen LogP contribution >= 0.6 is 0 Å². The Morgan fingerprint density at radius 1 is 1.53 bits per heavy atom. The third-order valence-corrected chi connectivity index (χ3v) is 2.85. The van der Waals surface area contributed by atoms with Crippen molar-refractivity contribution in [2.45, 2.75) is 31.7 Å². The number of amides is 1. The molecule has 0 radical (unpaired) electrons. The minimum Gasteiger partial charge on any atom is -0.384 e. The monoisotopic (exact) mass is 214 g/mol. The molecular weight excluding hydrogens is 192 g/mol. The van der Waals surface area contributed by atoms with Gasteiger partial charge in [0, 0.05) is 26.7 Å². The average molecular weight is 214 g/mol. The van der Waals surface area contributed by atoms with Gasteiger partial charge in [-0.3, -0.25) is 4.79 Å². The minimum absolute atomic E-state index is 0.171. The molecule has 1 aliphatic heterocycles. The van der Waals surface area contributed by atoms with Crippen molar-refractivity contribution >= 4 is 5.91 Å². The lowest BCUT2D eigenvalue weighted by Gasteiger charge is -2.28. The van der Waals surface area contributed by atoms with E-state index in [1.807, 2.05) is 11.9 Å². The van der Waals surface area contributed by atoms with E-state index in [0.29, 0.717) is 19.1 Å². The lowest BCUT2D eigenvalue weighted by molar-refractivity contribution is -0.131. The third kappa shape index (κ3) is 4.62. The summed E-state index contributed by atoms with van der Waals surface area (Å²) in [6.45, 7) is 2.43. The molecule has 0 aliphatic carbocycles. The SMILES string of the molecule is COCCC(=O)N(C)CC1CCCCN1. The van der Waals surface area contributed by atoms with E-state index in [1.54, 1.807) is 7.11 Å². The van der Waals surface area contributed by atoms with E-state index < -0.39 is 0 Å². The normalized spacial score (nSPS) is 21.3. The number of hydrogen-bond acceptors (Lipinski definition) is 3. The summed E-state index contributed by atoms with van der Waals surface area (Å²) < 4.78 is 4.89. The molecule has 1 unspecified atom stereocenters. The highest BCUT2D eigenvalue weighted by Gasteiger charge is 2.17. The zero-order valence-corrected chi connectivity index (χ0v) is 9.79. The molecule has 0 aromatic carbocycles.